The Kier molecular flexibility index (Phi) is 4.72. The number of rotatable bonds is 5. The van der Waals surface area contributed by atoms with E-state index in [1.54, 1.807) is 17.1 Å². The molecule has 0 radical (unpaired) electrons. The second kappa shape index (κ2) is 7.14. The van der Waals surface area contributed by atoms with E-state index in [1.165, 1.54) is 43.6 Å². The van der Waals surface area contributed by atoms with Crippen molar-refractivity contribution in [2.75, 3.05) is 31.1 Å². The lowest BCUT2D eigenvalue weighted by Gasteiger charge is -2.29. The Bertz CT molecular complexity index is 666. The van der Waals surface area contributed by atoms with Crippen molar-refractivity contribution < 1.29 is 5.11 Å². The largest absolute Gasteiger partial charge is 0.387 e. The highest BCUT2D eigenvalue weighted by Crippen LogP contribution is 2.25. The SMILES string of the molecule is OC1(Cn2ccnn2)CCN(Cc2ccc(N3CCCCC3)cc2)C1. The number of β-amino-alcohol motifs (C(OH)–C–C–N with tert-alkyl or cyclic N) is 1. The zero-order valence-electron chi connectivity index (χ0n) is 14.7. The first kappa shape index (κ1) is 16.5. The van der Waals surface area contributed by atoms with Gasteiger partial charge in [-0.05, 0) is 43.4 Å². The minimum atomic E-state index is -0.707. The maximum atomic E-state index is 10.8. The van der Waals surface area contributed by atoms with Gasteiger partial charge in [0.1, 0.15) is 0 Å². The van der Waals surface area contributed by atoms with E-state index in [0.29, 0.717) is 13.1 Å². The highest BCUT2D eigenvalue weighted by Gasteiger charge is 2.36. The fourth-order valence-corrected chi connectivity index (χ4v) is 4.05. The lowest BCUT2D eigenvalue weighted by atomic mass is 10.0. The van der Waals surface area contributed by atoms with Crippen LogP contribution in [-0.4, -0.2) is 56.8 Å². The monoisotopic (exact) mass is 341 g/mol. The Morgan fingerprint density at radius 2 is 1.84 bits per heavy atom. The number of aliphatic hydroxyl groups is 1. The predicted octanol–water partition coefficient (Wildman–Crippen LogP) is 1.91. The van der Waals surface area contributed by atoms with E-state index >= 15 is 0 Å². The van der Waals surface area contributed by atoms with Crippen LogP contribution in [-0.2, 0) is 13.1 Å². The van der Waals surface area contributed by atoms with E-state index in [-0.39, 0.29) is 0 Å². The molecule has 1 aromatic carbocycles. The van der Waals surface area contributed by atoms with Gasteiger partial charge in [-0.1, -0.05) is 17.3 Å². The van der Waals surface area contributed by atoms with Crippen LogP contribution in [0.3, 0.4) is 0 Å². The Morgan fingerprint density at radius 3 is 2.56 bits per heavy atom. The van der Waals surface area contributed by atoms with Crippen molar-refractivity contribution in [3.8, 4) is 0 Å². The number of benzene rings is 1. The summed E-state index contributed by atoms with van der Waals surface area (Å²) in [6, 6.07) is 8.97. The molecule has 1 N–H and O–H groups in total. The van der Waals surface area contributed by atoms with Crippen molar-refractivity contribution in [2.45, 2.75) is 44.4 Å². The van der Waals surface area contributed by atoms with Crippen molar-refractivity contribution in [1.29, 1.82) is 0 Å². The molecule has 0 saturated carbocycles. The Balaban J connectivity index is 1.33. The molecule has 4 rings (SSSR count). The quantitative estimate of drug-likeness (QED) is 0.900. The molecule has 0 bridgehead atoms. The van der Waals surface area contributed by atoms with Gasteiger partial charge in [-0.15, -0.1) is 5.10 Å². The first-order valence-corrected chi connectivity index (χ1v) is 9.33. The summed E-state index contributed by atoms with van der Waals surface area (Å²) in [6.45, 7) is 5.36. The van der Waals surface area contributed by atoms with E-state index < -0.39 is 5.60 Å². The van der Waals surface area contributed by atoms with Gasteiger partial charge in [-0.25, -0.2) is 4.68 Å². The Morgan fingerprint density at radius 1 is 1.04 bits per heavy atom. The van der Waals surface area contributed by atoms with Gasteiger partial charge in [0.15, 0.2) is 0 Å². The highest BCUT2D eigenvalue weighted by atomic mass is 16.3. The van der Waals surface area contributed by atoms with Crippen molar-refractivity contribution >= 4 is 5.69 Å². The van der Waals surface area contributed by atoms with E-state index in [1.807, 2.05) is 0 Å². The average Bonchev–Trinajstić information content (AvgIpc) is 3.26. The van der Waals surface area contributed by atoms with Crippen LogP contribution in [0.2, 0.25) is 0 Å². The summed E-state index contributed by atoms with van der Waals surface area (Å²) in [5.41, 5.74) is 1.94. The van der Waals surface area contributed by atoms with Crippen LogP contribution in [0.4, 0.5) is 5.69 Å². The molecule has 6 nitrogen and oxygen atoms in total. The summed E-state index contributed by atoms with van der Waals surface area (Å²) in [5, 5.41) is 18.6. The van der Waals surface area contributed by atoms with Crippen LogP contribution in [0.25, 0.3) is 0 Å². The molecule has 2 fully saturated rings. The molecule has 2 aliphatic rings. The molecule has 1 unspecified atom stereocenters. The van der Waals surface area contributed by atoms with E-state index in [2.05, 4.69) is 44.4 Å². The van der Waals surface area contributed by atoms with Gasteiger partial charge in [0.25, 0.3) is 0 Å². The normalized spacial score (nSPS) is 24.8. The smallest absolute Gasteiger partial charge is 0.0981 e. The Labute approximate surface area is 149 Å². The molecule has 25 heavy (non-hydrogen) atoms. The number of hydrogen-bond donors (Lipinski definition) is 1. The van der Waals surface area contributed by atoms with Gasteiger partial charge >= 0.3 is 0 Å². The maximum Gasteiger partial charge on any atom is 0.0981 e. The number of anilines is 1. The average molecular weight is 341 g/mol. The number of aromatic nitrogens is 3. The molecule has 0 aliphatic carbocycles. The van der Waals surface area contributed by atoms with E-state index in [9.17, 15) is 5.11 Å². The number of nitrogens with zero attached hydrogens (tertiary/aromatic N) is 5. The molecule has 2 saturated heterocycles. The summed E-state index contributed by atoms with van der Waals surface area (Å²) >= 11 is 0. The molecule has 6 heteroatoms. The third-order valence-corrected chi connectivity index (χ3v) is 5.40. The summed E-state index contributed by atoms with van der Waals surface area (Å²) in [5.74, 6) is 0. The fourth-order valence-electron chi connectivity index (χ4n) is 4.05. The second-order valence-electron chi connectivity index (χ2n) is 7.50. The minimum Gasteiger partial charge on any atom is -0.387 e. The molecule has 1 aromatic heterocycles. The van der Waals surface area contributed by atoms with Crippen LogP contribution in [0.1, 0.15) is 31.2 Å². The number of piperidine rings is 1. The topological polar surface area (TPSA) is 57.4 Å². The van der Waals surface area contributed by atoms with Gasteiger partial charge in [0.2, 0.25) is 0 Å². The second-order valence-corrected chi connectivity index (χ2v) is 7.50. The molecule has 3 heterocycles. The number of hydrogen-bond acceptors (Lipinski definition) is 5. The van der Waals surface area contributed by atoms with Gasteiger partial charge in [0, 0.05) is 44.6 Å². The van der Waals surface area contributed by atoms with Crippen molar-refractivity contribution in [3.63, 3.8) is 0 Å². The third-order valence-electron chi connectivity index (χ3n) is 5.40. The maximum absolute atomic E-state index is 10.8. The molecular formula is C19H27N5O. The molecule has 0 amide bonds. The lowest BCUT2D eigenvalue weighted by molar-refractivity contribution is 0.0274. The Hall–Kier alpha value is -1.92. The molecule has 2 aromatic rings. The van der Waals surface area contributed by atoms with Crippen LogP contribution in [0.5, 0.6) is 0 Å². The van der Waals surface area contributed by atoms with Crippen molar-refractivity contribution in [3.05, 3.63) is 42.2 Å². The van der Waals surface area contributed by atoms with Crippen molar-refractivity contribution in [1.82, 2.24) is 19.9 Å². The summed E-state index contributed by atoms with van der Waals surface area (Å²) < 4.78 is 1.72. The van der Waals surface area contributed by atoms with E-state index in [4.69, 9.17) is 0 Å². The predicted molar refractivity (Wildman–Crippen MR) is 97.4 cm³/mol. The lowest BCUT2D eigenvalue weighted by Crippen LogP contribution is -2.37. The number of likely N-dealkylation sites (tertiary alicyclic amines) is 1. The molecule has 134 valence electrons. The zero-order valence-corrected chi connectivity index (χ0v) is 14.7. The van der Waals surface area contributed by atoms with Crippen LogP contribution in [0.15, 0.2) is 36.7 Å². The molecule has 1 atom stereocenters. The molecule has 0 spiro atoms. The molecular weight excluding hydrogens is 314 g/mol. The first-order valence-electron chi connectivity index (χ1n) is 9.33. The van der Waals surface area contributed by atoms with Gasteiger partial charge in [-0.2, -0.15) is 0 Å². The van der Waals surface area contributed by atoms with Gasteiger partial charge in [-0.3, -0.25) is 4.90 Å². The highest BCUT2D eigenvalue weighted by molar-refractivity contribution is 5.47. The first-order chi connectivity index (χ1) is 12.2. The summed E-state index contributed by atoms with van der Waals surface area (Å²) in [4.78, 5) is 4.81. The minimum absolute atomic E-state index is 0.511. The third kappa shape index (κ3) is 4.02. The van der Waals surface area contributed by atoms with Crippen LogP contribution < -0.4 is 4.90 Å². The standard InChI is InChI=1S/C19H27N5O/c25-19(16-24-13-9-20-21-24)8-12-22(15-19)14-17-4-6-18(7-5-17)23-10-2-1-3-11-23/h4-7,9,13,25H,1-3,8,10-12,14-16H2. The summed E-state index contributed by atoms with van der Waals surface area (Å²) in [7, 11) is 0. The van der Waals surface area contributed by atoms with Crippen molar-refractivity contribution in [2.24, 2.45) is 0 Å². The fraction of sp³-hybridized carbons (Fsp3) is 0.579. The van der Waals surface area contributed by atoms with Gasteiger partial charge < -0.3 is 10.0 Å². The molecule has 2 aliphatic heterocycles. The summed E-state index contributed by atoms with van der Waals surface area (Å²) in [6.07, 6.45) is 8.21. The van der Waals surface area contributed by atoms with Crippen LogP contribution in [0, 0.1) is 0 Å². The van der Waals surface area contributed by atoms with E-state index in [0.717, 1.165) is 19.5 Å². The zero-order chi connectivity index (χ0) is 17.1. The van der Waals surface area contributed by atoms with Crippen LogP contribution >= 0.6 is 0 Å². The van der Waals surface area contributed by atoms with Gasteiger partial charge in [0.05, 0.1) is 18.3 Å².